The first kappa shape index (κ1) is 17.0. The molecule has 1 aromatic rings. The number of likely N-dealkylation sites (tertiary alicyclic amines) is 2. The van der Waals surface area contributed by atoms with Gasteiger partial charge in [-0.1, -0.05) is 6.92 Å². The third-order valence-corrected chi connectivity index (χ3v) is 5.59. The van der Waals surface area contributed by atoms with Crippen LogP contribution in [0.3, 0.4) is 0 Å². The molecule has 0 radical (unpaired) electrons. The Bertz CT molecular complexity index is 626. The minimum Gasteiger partial charge on any atom is -0.481 e. The zero-order chi connectivity index (χ0) is 17.3. The Labute approximate surface area is 142 Å². The number of furan rings is 1. The molecule has 3 heterocycles. The lowest BCUT2D eigenvalue weighted by Crippen LogP contribution is -2.41. The Morgan fingerprint density at radius 2 is 2.08 bits per heavy atom. The van der Waals surface area contributed by atoms with Crippen LogP contribution in [0.25, 0.3) is 0 Å². The molecule has 0 aliphatic carbocycles. The summed E-state index contributed by atoms with van der Waals surface area (Å²) in [5, 5.41) is 9.86. The Balaban J connectivity index is 1.76. The van der Waals surface area contributed by atoms with E-state index in [1.807, 2.05) is 12.1 Å². The number of amides is 1. The van der Waals surface area contributed by atoms with Gasteiger partial charge in [0.2, 0.25) is 5.91 Å². The zero-order valence-corrected chi connectivity index (χ0v) is 14.5. The van der Waals surface area contributed by atoms with E-state index in [1.165, 1.54) is 6.92 Å². The molecule has 6 heteroatoms. The van der Waals surface area contributed by atoms with Crippen LogP contribution in [0.5, 0.6) is 0 Å². The maximum atomic E-state index is 12.0. The summed E-state index contributed by atoms with van der Waals surface area (Å²) in [4.78, 5) is 27.7. The Morgan fingerprint density at radius 3 is 2.71 bits per heavy atom. The number of fused-ring (bicyclic) bond motifs is 1. The van der Waals surface area contributed by atoms with Gasteiger partial charge in [0, 0.05) is 38.9 Å². The highest BCUT2D eigenvalue weighted by molar-refractivity contribution is 5.80. The number of carboxylic acid groups (broad SMARTS) is 1. The highest BCUT2D eigenvalue weighted by Gasteiger charge is 2.53. The third-order valence-electron chi connectivity index (χ3n) is 5.59. The number of carboxylic acids is 1. The molecule has 1 aromatic heterocycles. The molecule has 0 aromatic carbocycles. The molecule has 0 saturated carbocycles. The number of carbonyl (C=O) groups is 2. The lowest BCUT2D eigenvalue weighted by atomic mass is 9.75. The van der Waals surface area contributed by atoms with Crippen LogP contribution in [0, 0.1) is 11.3 Å². The average molecular weight is 334 g/mol. The standard InChI is InChI=1S/C18H26N2O4/c1-3-15-5-6-16(24-15)11-19-8-4-7-18(17(22)23)12-20(13(2)21)10-14(18)9-19/h5-6,14H,3-4,7-12H2,1-2H3,(H,22,23)/t14-,18-/m1/s1. The molecule has 0 spiro atoms. The SMILES string of the molecule is CCc1ccc(CN2CCC[C@@]3(C(=O)O)CN(C(C)=O)C[C@H]3C2)o1. The van der Waals surface area contributed by atoms with E-state index in [-0.39, 0.29) is 11.8 Å². The second kappa shape index (κ2) is 6.59. The van der Waals surface area contributed by atoms with Crippen molar-refractivity contribution in [1.82, 2.24) is 9.80 Å². The largest absolute Gasteiger partial charge is 0.481 e. The molecule has 2 aliphatic heterocycles. The van der Waals surface area contributed by atoms with Gasteiger partial charge in [-0.2, -0.15) is 0 Å². The summed E-state index contributed by atoms with van der Waals surface area (Å²) < 4.78 is 5.80. The highest BCUT2D eigenvalue weighted by atomic mass is 16.4. The highest BCUT2D eigenvalue weighted by Crippen LogP contribution is 2.43. The quantitative estimate of drug-likeness (QED) is 0.911. The predicted octanol–water partition coefficient (Wildman–Crippen LogP) is 1.99. The maximum absolute atomic E-state index is 12.0. The molecule has 132 valence electrons. The fraction of sp³-hybridized carbons (Fsp3) is 0.667. The van der Waals surface area contributed by atoms with E-state index in [2.05, 4.69) is 11.8 Å². The van der Waals surface area contributed by atoms with E-state index >= 15 is 0 Å². The lowest BCUT2D eigenvalue weighted by molar-refractivity contribution is -0.151. The smallest absolute Gasteiger partial charge is 0.311 e. The van der Waals surface area contributed by atoms with E-state index in [9.17, 15) is 14.7 Å². The van der Waals surface area contributed by atoms with Crippen LogP contribution in [0.15, 0.2) is 16.5 Å². The van der Waals surface area contributed by atoms with E-state index in [1.54, 1.807) is 4.90 Å². The fourth-order valence-electron chi connectivity index (χ4n) is 4.16. The molecule has 6 nitrogen and oxygen atoms in total. The molecule has 2 saturated heterocycles. The van der Waals surface area contributed by atoms with Gasteiger partial charge in [0.05, 0.1) is 12.0 Å². The van der Waals surface area contributed by atoms with Gasteiger partial charge in [-0.05, 0) is 31.5 Å². The first-order valence-electron chi connectivity index (χ1n) is 8.73. The van der Waals surface area contributed by atoms with Crippen LogP contribution in [0.1, 0.15) is 38.2 Å². The van der Waals surface area contributed by atoms with Crippen molar-refractivity contribution >= 4 is 11.9 Å². The summed E-state index contributed by atoms with van der Waals surface area (Å²) in [7, 11) is 0. The topological polar surface area (TPSA) is 74.0 Å². The monoisotopic (exact) mass is 334 g/mol. The number of aryl methyl sites for hydroxylation is 1. The van der Waals surface area contributed by atoms with Gasteiger partial charge >= 0.3 is 5.97 Å². The van der Waals surface area contributed by atoms with E-state index in [0.29, 0.717) is 32.6 Å². The fourth-order valence-corrected chi connectivity index (χ4v) is 4.16. The normalized spacial score (nSPS) is 27.8. The second-order valence-corrected chi connectivity index (χ2v) is 7.12. The number of aliphatic carboxylic acids is 1. The maximum Gasteiger partial charge on any atom is 0.311 e. The van der Waals surface area contributed by atoms with Crippen molar-refractivity contribution < 1.29 is 19.1 Å². The summed E-state index contributed by atoms with van der Waals surface area (Å²) in [6.45, 7) is 6.73. The number of hydrogen-bond acceptors (Lipinski definition) is 4. The lowest BCUT2D eigenvalue weighted by Gasteiger charge is -2.29. The van der Waals surface area contributed by atoms with Crippen molar-refractivity contribution in [1.29, 1.82) is 0 Å². The summed E-state index contributed by atoms with van der Waals surface area (Å²) in [6.07, 6.45) is 2.33. The molecule has 1 N–H and O–H groups in total. The van der Waals surface area contributed by atoms with Gasteiger partial charge in [0.15, 0.2) is 0 Å². The zero-order valence-electron chi connectivity index (χ0n) is 14.5. The average Bonchev–Trinajstić information content (AvgIpc) is 3.09. The number of rotatable bonds is 4. The van der Waals surface area contributed by atoms with Gasteiger partial charge < -0.3 is 14.4 Å². The number of carbonyl (C=O) groups excluding carboxylic acids is 1. The second-order valence-electron chi connectivity index (χ2n) is 7.12. The van der Waals surface area contributed by atoms with Crippen LogP contribution in [0.4, 0.5) is 0 Å². The van der Waals surface area contributed by atoms with Gasteiger partial charge in [0.1, 0.15) is 11.5 Å². The molecule has 2 fully saturated rings. The molecule has 3 rings (SSSR count). The Kier molecular flexibility index (Phi) is 4.67. The van der Waals surface area contributed by atoms with Crippen LogP contribution >= 0.6 is 0 Å². The van der Waals surface area contributed by atoms with Crippen molar-refractivity contribution in [2.24, 2.45) is 11.3 Å². The summed E-state index contributed by atoms with van der Waals surface area (Å²) in [5.41, 5.74) is -0.793. The van der Waals surface area contributed by atoms with E-state index in [0.717, 1.165) is 30.9 Å². The van der Waals surface area contributed by atoms with Gasteiger partial charge in [-0.15, -0.1) is 0 Å². The molecule has 2 aliphatic rings. The van der Waals surface area contributed by atoms with Gasteiger partial charge in [-0.25, -0.2) is 0 Å². The summed E-state index contributed by atoms with van der Waals surface area (Å²) in [6, 6.07) is 4.01. The van der Waals surface area contributed by atoms with E-state index < -0.39 is 11.4 Å². The molecule has 2 atom stereocenters. The Hall–Kier alpha value is -1.82. The molecule has 24 heavy (non-hydrogen) atoms. The predicted molar refractivity (Wildman–Crippen MR) is 88.4 cm³/mol. The van der Waals surface area contributed by atoms with Crippen molar-refractivity contribution in [3.05, 3.63) is 23.7 Å². The van der Waals surface area contributed by atoms with Crippen LogP contribution < -0.4 is 0 Å². The van der Waals surface area contributed by atoms with E-state index in [4.69, 9.17) is 4.42 Å². The molecular weight excluding hydrogens is 308 g/mol. The first-order valence-corrected chi connectivity index (χ1v) is 8.73. The number of hydrogen-bond donors (Lipinski definition) is 1. The summed E-state index contributed by atoms with van der Waals surface area (Å²) >= 11 is 0. The van der Waals surface area contributed by atoms with Crippen molar-refractivity contribution in [3.63, 3.8) is 0 Å². The van der Waals surface area contributed by atoms with Gasteiger partial charge in [0.25, 0.3) is 0 Å². The van der Waals surface area contributed by atoms with Crippen molar-refractivity contribution in [3.8, 4) is 0 Å². The number of nitrogens with zero attached hydrogens (tertiary/aromatic N) is 2. The minimum absolute atomic E-state index is 0.0259. The van der Waals surface area contributed by atoms with Crippen LogP contribution in [0.2, 0.25) is 0 Å². The molecule has 1 amide bonds. The third kappa shape index (κ3) is 3.07. The summed E-state index contributed by atoms with van der Waals surface area (Å²) in [5.74, 6) is 1.08. The van der Waals surface area contributed by atoms with Crippen molar-refractivity contribution in [2.45, 2.75) is 39.7 Å². The molecule has 0 bridgehead atoms. The molecule has 0 unspecified atom stereocenters. The van der Waals surface area contributed by atoms with Gasteiger partial charge in [-0.3, -0.25) is 14.5 Å². The van der Waals surface area contributed by atoms with Crippen molar-refractivity contribution in [2.75, 3.05) is 26.2 Å². The van der Waals surface area contributed by atoms with Crippen LogP contribution in [-0.4, -0.2) is 53.0 Å². The first-order chi connectivity index (χ1) is 11.4. The minimum atomic E-state index is -0.793. The Morgan fingerprint density at radius 1 is 1.33 bits per heavy atom. The van der Waals surface area contributed by atoms with Crippen LogP contribution in [-0.2, 0) is 22.6 Å². The molecular formula is C18H26N2O4.